The molecule has 0 amide bonds. The fraction of sp³-hybridized carbons (Fsp3) is 0.364. The Morgan fingerprint density at radius 1 is 1.44 bits per heavy atom. The number of benzene rings is 1. The molecule has 1 unspecified atom stereocenters. The van der Waals surface area contributed by atoms with E-state index in [9.17, 15) is 4.79 Å². The van der Waals surface area contributed by atoms with Crippen LogP contribution in [-0.4, -0.2) is 31.3 Å². The number of anilines is 1. The third-order valence-corrected chi connectivity index (χ3v) is 2.67. The molecular weight excluding hydrogens is 210 g/mol. The highest BCUT2D eigenvalue weighted by Gasteiger charge is 2.29. The number of methoxy groups -OCH3 is 2. The zero-order valence-electron chi connectivity index (χ0n) is 9.11. The third-order valence-electron chi connectivity index (χ3n) is 2.67. The average molecular weight is 223 g/mol. The molecule has 2 rings (SSSR count). The van der Waals surface area contributed by atoms with Gasteiger partial charge in [-0.2, -0.15) is 0 Å². The van der Waals surface area contributed by atoms with Crippen molar-refractivity contribution in [3.05, 3.63) is 17.7 Å². The number of fused-ring (bicyclic) bond motifs is 1. The molecule has 86 valence electrons. The Balaban J connectivity index is 2.40. The monoisotopic (exact) mass is 223 g/mol. The van der Waals surface area contributed by atoms with Crippen molar-refractivity contribution < 1.29 is 19.4 Å². The Kier molecular flexibility index (Phi) is 2.60. The topological polar surface area (TPSA) is 67.8 Å². The van der Waals surface area contributed by atoms with Gasteiger partial charge < -0.3 is 19.9 Å². The molecule has 1 aliphatic heterocycles. The fourth-order valence-electron chi connectivity index (χ4n) is 1.85. The zero-order chi connectivity index (χ0) is 11.7. The summed E-state index contributed by atoms with van der Waals surface area (Å²) in [5, 5.41) is 11.9. The summed E-state index contributed by atoms with van der Waals surface area (Å²) in [6.45, 7) is 0. The van der Waals surface area contributed by atoms with Crippen molar-refractivity contribution in [2.75, 3.05) is 19.5 Å². The predicted molar refractivity (Wildman–Crippen MR) is 58.3 cm³/mol. The minimum absolute atomic E-state index is 0.428. The Morgan fingerprint density at radius 2 is 2.19 bits per heavy atom. The van der Waals surface area contributed by atoms with Crippen LogP contribution >= 0.6 is 0 Å². The number of hydrogen-bond acceptors (Lipinski definition) is 4. The van der Waals surface area contributed by atoms with E-state index in [1.165, 1.54) is 0 Å². The van der Waals surface area contributed by atoms with Crippen molar-refractivity contribution in [3.8, 4) is 11.5 Å². The first-order valence-electron chi connectivity index (χ1n) is 4.90. The largest absolute Gasteiger partial charge is 0.497 e. The number of aliphatic carboxylic acids is 1. The van der Waals surface area contributed by atoms with Crippen molar-refractivity contribution >= 4 is 11.7 Å². The highest BCUT2D eigenvalue weighted by atomic mass is 16.5. The molecule has 0 fully saturated rings. The molecule has 1 atom stereocenters. The lowest BCUT2D eigenvalue weighted by molar-refractivity contribution is -0.137. The van der Waals surface area contributed by atoms with Crippen LogP contribution in [0.3, 0.4) is 0 Å². The van der Waals surface area contributed by atoms with Crippen molar-refractivity contribution in [1.82, 2.24) is 0 Å². The smallest absolute Gasteiger partial charge is 0.326 e. The number of hydrogen-bond donors (Lipinski definition) is 2. The molecule has 0 radical (unpaired) electrons. The van der Waals surface area contributed by atoms with Crippen LogP contribution in [0.4, 0.5) is 5.69 Å². The summed E-state index contributed by atoms with van der Waals surface area (Å²) < 4.78 is 10.3. The summed E-state index contributed by atoms with van der Waals surface area (Å²) in [4.78, 5) is 10.9. The molecule has 2 N–H and O–H groups in total. The van der Waals surface area contributed by atoms with Gasteiger partial charge in [0.2, 0.25) is 0 Å². The van der Waals surface area contributed by atoms with Crippen LogP contribution in [0.5, 0.6) is 11.5 Å². The SMILES string of the molecule is COc1cc2c(c(OC)c1)CC(C(=O)O)N2. The first-order chi connectivity index (χ1) is 7.65. The van der Waals surface area contributed by atoms with Gasteiger partial charge in [-0.3, -0.25) is 0 Å². The van der Waals surface area contributed by atoms with E-state index in [0.29, 0.717) is 17.9 Å². The minimum atomic E-state index is -0.864. The van der Waals surface area contributed by atoms with Gasteiger partial charge >= 0.3 is 5.97 Å². The highest BCUT2D eigenvalue weighted by Crippen LogP contribution is 2.37. The number of ether oxygens (including phenoxy) is 2. The van der Waals surface area contributed by atoms with E-state index in [1.54, 1.807) is 26.4 Å². The number of rotatable bonds is 3. The van der Waals surface area contributed by atoms with Crippen LogP contribution in [0.2, 0.25) is 0 Å². The van der Waals surface area contributed by atoms with E-state index in [4.69, 9.17) is 14.6 Å². The molecule has 5 heteroatoms. The molecule has 0 spiro atoms. The van der Waals surface area contributed by atoms with Crippen molar-refractivity contribution in [2.24, 2.45) is 0 Å². The molecule has 0 saturated carbocycles. The van der Waals surface area contributed by atoms with Gasteiger partial charge in [0.05, 0.1) is 14.2 Å². The quantitative estimate of drug-likeness (QED) is 0.803. The van der Waals surface area contributed by atoms with Crippen LogP contribution in [0.15, 0.2) is 12.1 Å². The number of nitrogens with one attached hydrogen (secondary N) is 1. The normalized spacial score (nSPS) is 17.5. The van der Waals surface area contributed by atoms with E-state index in [2.05, 4.69) is 5.32 Å². The van der Waals surface area contributed by atoms with Crippen LogP contribution in [-0.2, 0) is 11.2 Å². The third kappa shape index (κ3) is 1.64. The summed E-state index contributed by atoms with van der Waals surface area (Å²) >= 11 is 0. The molecule has 1 aliphatic rings. The van der Waals surface area contributed by atoms with Gasteiger partial charge in [-0.05, 0) is 0 Å². The van der Waals surface area contributed by atoms with E-state index >= 15 is 0 Å². The Bertz CT molecular complexity index is 430. The number of carboxylic acids is 1. The molecule has 0 aromatic heterocycles. The number of carbonyl (C=O) groups is 1. The maximum absolute atomic E-state index is 10.9. The van der Waals surface area contributed by atoms with Gasteiger partial charge in [-0.1, -0.05) is 0 Å². The molecule has 5 nitrogen and oxygen atoms in total. The summed E-state index contributed by atoms with van der Waals surface area (Å²) in [6.07, 6.45) is 0.428. The van der Waals surface area contributed by atoms with Gasteiger partial charge in [0.25, 0.3) is 0 Å². The lowest BCUT2D eigenvalue weighted by atomic mass is 10.1. The van der Waals surface area contributed by atoms with E-state index < -0.39 is 12.0 Å². The molecule has 1 aromatic rings. The second kappa shape index (κ2) is 3.92. The Labute approximate surface area is 93.0 Å². The van der Waals surface area contributed by atoms with E-state index in [-0.39, 0.29) is 0 Å². The molecule has 1 aromatic carbocycles. The second-order valence-corrected chi connectivity index (χ2v) is 3.60. The van der Waals surface area contributed by atoms with Crippen molar-refractivity contribution in [2.45, 2.75) is 12.5 Å². The minimum Gasteiger partial charge on any atom is -0.497 e. The fourth-order valence-corrected chi connectivity index (χ4v) is 1.85. The Hall–Kier alpha value is -1.91. The van der Waals surface area contributed by atoms with Gasteiger partial charge in [-0.15, -0.1) is 0 Å². The lowest BCUT2D eigenvalue weighted by Gasteiger charge is -2.09. The molecule has 0 bridgehead atoms. The first-order valence-corrected chi connectivity index (χ1v) is 4.90. The maximum Gasteiger partial charge on any atom is 0.326 e. The second-order valence-electron chi connectivity index (χ2n) is 3.60. The van der Waals surface area contributed by atoms with Crippen molar-refractivity contribution in [3.63, 3.8) is 0 Å². The summed E-state index contributed by atoms with van der Waals surface area (Å²) in [5.74, 6) is 0.442. The molecule has 0 aliphatic carbocycles. The first kappa shape index (κ1) is 10.6. The van der Waals surface area contributed by atoms with E-state index in [1.807, 2.05) is 0 Å². The standard InChI is InChI=1S/C11H13NO4/c1-15-6-3-8-7(10(4-6)16-2)5-9(12-8)11(13)14/h3-4,9,12H,5H2,1-2H3,(H,13,14). The molecular formula is C11H13NO4. The maximum atomic E-state index is 10.9. The van der Waals surface area contributed by atoms with Gasteiger partial charge in [-0.25, -0.2) is 4.79 Å². The zero-order valence-corrected chi connectivity index (χ0v) is 9.11. The van der Waals surface area contributed by atoms with Crippen LogP contribution < -0.4 is 14.8 Å². The molecule has 1 heterocycles. The van der Waals surface area contributed by atoms with Crippen LogP contribution in [0.1, 0.15) is 5.56 Å². The average Bonchev–Trinajstić information content (AvgIpc) is 2.71. The van der Waals surface area contributed by atoms with Gasteiger partial charge in [0.15, 0.2) is 0 Å². The summed E-state index contributed by atoms with van der Waals surface area (Å²) in [6, 6.07) is 2.95. The lowest BCUT2D eigenvalue weighted by Crippen LogP contribution is -2.26. The Morgan fingerprint density at radius 3 is 2.75 bits per heavy atom. The molecule has 0 saturated heterocycles. The number of carboxylic acid groups (broad SMARTS) is 1. The van der Waals surface area contributed by atoms with Crippen LogP contribution in [0, 0.1) is 0 Å². The predicted octanol–water partition coefficient (Wildman–Crippen LogP) is 1.12. The van der Waals surface area contributed by atoms with Gasteiger partial charge in [0, 0.05) is 29.8 Å². The van der Waals surface area contributed by atoms with Crippen LogP contribution in [0.25, 0.3) is 0 Å². The summed E-state index contributed by atoms with van der Waals surface area (Å²) in [7, 11) is 3.12. The van der Waals surface area contributed by atoms with Gasteiger partial charge in [0.1, 0.15) is 17.5 Å². The van der Waals surface area contributed by atoms with E-state index in [0.717, 1.165) is 11.3 Å². The van der Waals surface area contributed by atoms with Crippen molar-refractivity contribution in [1.29, 1.82) is 0 Å². The highest BCUT2D eigenvalue weighted by molar-refractivity contribution is 5.82. The summed E-state index contributed by atoms with van der Waals surface area (Å²) in [5.41, 5.74) is 1.65. The molecule has 16 heavy (non-hydrogen) atoms.